The van der Waals surface area contributed by atoms with Crippen molar-refractivity contribution in [2.45, 2.75) is 32.3 Å². The molecule has 1 atom stereocenters. The van der Waals surface area contributed by atoms with Crippen LogP contribution in [-0.4, -0.2) is 37.0 Å². The van der Waals surface area contributed by atoms with Gasteiger partial charge in [-0.15, -0.1) is 0 Å². The Morgan fingerprint density at radius 1 is 1.10 bits per heavy atom. The Morgan fingerprint density at radius 2 is 1.93 bits per heavy atom. The molecule has 0 aromatic heterocycles. The summed E-state index contributed by atoms with van der Waals surface area (Å²) < 4.78 is 10.7. The Bertz CT molecular complexity index is 890. The summed E-state index contributed by atoms with van der Waals surface area (Å²) in [7, 11) is 0. The maximum absolute atomic E-state index is 12.7. The van der Waals surface area contributed by atoms with Gasteiger partial charge in [-0.05, 0) is 43.2 Å². The summed E-state index contributed by atoms with van der Waals surface area (Å²) >= 11 is 0. The second-order valence-corrected chi connectivity index (χ2v) is 6.70. The van der Waals surface area contributed by atoms with Crippen LogP contribution in [0.5, 0.6) is 5.75 Å². The molecular formula is C22H24N2O5. The van der Waals surface area contributed by atoms with Gasteiger partial charge in [0.25, 0.3) is 11.8 Å². The van der Waals surface area contributed by atoms with Crippen molar-refractivity contribution in [3.8, 4) is 5.75 Å². The molecule has 0 spiro atoms. The zero-order valence-electron chi connectivity index (χ0n) is 16.3. The molecule has 1 unspecified atom stereocenters. The predicted octanol–water partition coefficient (Wildman–Crippen LogP) is 3.16. The van der Waals surface area contributed by atoms with E-state index in [1.165, 1.54) is 6.07 Å². The Kier molecular flexibility index (Phi) is 6.97. The van der Waals surface area contributed by atoms with Gasteiger partial charge in [-0.2, -0.15) is 0 Å². The maximum Gasteiger partial charge on any atom is 0.310 e. The van der Waals surface area contributed by atoms with E-state index in [9.17, 15) is 14.4 Å². The predicted molar refractivity (Wildman–Crippen MR) is 108 cm³/mol. The van der Waals surface area contributed by atoms with Crippen molar-refractivity contribution < 1.29 is 23.9 Å². The average molecular weight is 396 g/mol. The number of rotatable bonds is 7. The summed E-state index contributed by atoms with van der Waals surface area (Å²) in [4.78, 5) is 36.7. The summed E-state index contributed by atoms with van der Waals surface area (Å²) in [6.07, 6.45) is 2.21. The average Bonchev–Trinajstić information content (AvgIpc) is 3.26. The fourth-order valence-electron chi connectivity index (χ4n) is 3.00. The monoisotopic (exact) mass is 396 g/mol. The van der Waals surface area contributed by atoms with Crippen molar-refractivity contribution in [2.75, 3.05) is 18.5 Å². The smallest absolute Gasteiger partial charge is 0.310 e. The zero-order chi connectivity index (χ0) is 20.6. The third-order valence-corrected chi connectivity index (χ3v) is 4.55. The molecule has 152 valence electrons. The second kappa shape index (κ2) is 9.84. The minimum atomic E-state index is -0.404. The van der Waals surface area contributed by atoms with E-state index < -0.39 is 5.91 Å². The van der Waals surface area contributed by atoms with Crippen LogP contribution in [0.1, 0.15) is 46.9 Å². The number of hydrogen-bond acceptors (Lipinski definition) is 5. The Hall–Kier alpha value is -3.19. The molecule has 1 saturated heterocycles. The molecule has 0 saturated carbocycles. The number of hydrogen-bond donors (Lipinski definition) is 2. The van der Waals surface area contributed by atoms with Gasteiger partial charge in [0.2, 0.25) is 0 Å². The molecule has 3 rings (SSSR count). The molecular weight excluding hydrogens is 372 g/mol. The molecule has 2 amide bonds. The van der Waals surface area contributed by atoms with Gasteiger partial charge in [-0.25, -0.2) is 0 Å². The molecule has 1 fully saturated rings. The van der Waals surface area contributed by atoms with E-state index in [-0.39, 0.29) is 24.4 Å². The number of carbonyl (C=O) groups excluding carboxylic acids is 3. The first-order valence-electron chi connectivity index (χ1n) is 9.67. The van der Waals surface area contributed by atoms with Crippen molar-refractivity contribution in [2.24, 2.45) is 0 Å². The summed E-state index contributed by atoms with van der Waals surface area (Å²) in [6, 6.07) is 13.1. The quantitative estimate of drug-likeness (QED) is 0.554. The number of esters is 1. The number of nitrogens with one attached hydrogen (secondary N) is 2. The van der Waals surface area contributed by atoms with Gasteiger partial charge in [0.1, 0.15) is 5.75 Å². The third kappa shape index (κ3) is 5.65. The van der Waals surface area contributed by atoms with Crippen LogP contribution in [0.4, 0.5) is 5.69 Å². The molecule has 0 radical (unpaired) electrons. The van der Waals surface area contributed by atoms with Gasteiger partial charge in [0.15, 0.2) is 0 Å². The van der Waals surface area contributed by atoms with Gasteiger partial charge in [0, 0.05) is 25.1 Å². The van der Waals surface area contributed by atoms with Crippen LogP contribution < -0.4 is 15.4 Å². The standard InChI is InChI=1S/C22H24N2O5/c1-2-20(25)29-16-8-5-7-15(13-16)21(26)24-19-11-4-3-10-18(19)22(27)23-14-17-9-6-12-28-17/h3-5,7-8,10-11,13,17H,2,6,9,12,14H2,1H3,(H,23,27)(H,24,26). The molecule has 7 nitrogen and oxygen atoms in total. The SMILES string of the molecule is CCC(=O)Oc1cccc(C(=O)Nc2ccccc2C(=O)NCC2CCCO2)c1. The lowest BCUT2D eigenvalue weighted by Crippen LogP contribution is -2.32. The molecule has 29 heavy (non-hydrogen) atoms. The van der Waals surface area contributed by atoms with E-state index in [4.69, 9.17) is 9.47 Å². The van der Waals surface area contributed by atoms with Gasteiger partial charge in [0.05, 0.1) is 17.4 Å². The van der Waals surface area contributed by atoms with Crippen LogP contribution in [-0.2, 0) is 9.53 Å². The zero-order valence-corrected chi connectivity index (χ0v) is 16.3. The molecule has 2 aromatic carbocycles. The fourth-order valence-corrected chi connectivity index (χ4v) is 3.00. The van der Waals surface area contributed by atoms with Crippen LogP contribution in [0.3, 0.4) is 0 Å². The van der Waals surface area contributed by atoms with E-state index in [2.05, 4.69) is 10.6 Å². The van der Waals surface area contributed by atoms with Crippen molar-refractivity contribution in [3.63, 3.8) is 0 Å². The third-order valence-electron chi connectivity index (χ3n) is 4.55. The van der Waals surface area contributed by atoms with Gasteiger partial charge in [-0.1, -0.05) is 25.1 Å². The topological polar surface area (TPSA) is 93.7 Å². The van der Waals surface area contributed by atoms with Crippen LogP contribution >= 0.6 is 0 Å². The molecule has 1 heterocycles. The lowest BCUT2D eigenvalue weighted by Gasteiger charge is -2.14. The van der Waals surface area contributed by atoms with Crippen LogP contribution in [0.25, 0.3) is 0 Å². The Labute approximate surface area is 169 Å². The van der Waals surface area contributed by atoms with Gasteiger partial charge < -0.3 is 20.1 Å². The van der Waals surface area contributed by atoms with Crippen molar-refractivity contribution in [1.82, 2.24) is 5.32 Å². The first-order chi connectivity index (χ1) is 14.1. The van der Waals surface area contributed by atoms with Crippen LogP contribution in [0.2, 0.25) is 0 Å². The minimum absolute atomic E-state index is 0.0364. The molecule has 1 aliphatic rings. The highest BCUT2D eigenvalue weighted by Crippen LogP contribution is 2.19. The van der Waals surface area contributed by atoms with Crippen molar-refractivity contribution in [1.29, 1.82) is 0 Å². The maximum atomic E-state index is 12.7. The van der Waals surface area contributed by atoms with Crippen LogP contribution in [0.15, 0.2) is 48.5 Å². The highest BCUT2D eigenvalue weighted by atomic mass is 16.5. The number of para-hydroxylation sites is 1. The Morgan fingerprint density at radius 3 is 2.69 bits per heavy atom. The summed E-state index contributed by atoms with van der Waals surface area (Å²) in [5.41, 5.74) is 1.09. The van der Waals surface area contributed by atoms with Gasteiger partial charge >= 0.3 is 5.97 Å². The van der Waals surface area contributed by atoms with Gasteiger partial charge in [-0.3, -0.25) is 14.4 Å². The fraction of sp³-hybridized carbons (Fsp3) is 0.318. The minimum Gasteiger partial charge on any atom is -0.427 e. The van der Waals surface area contributed by atoms with Crippen molar-refractivity contribution >= 4 is 23.5 Å². The summed E-state index contributed by atoms with van der Waals surface area (Å²) in [5, 5.41) is 5.62. The molecule has 1 aliphatic heterocycles. The van der Waals surface area contributed by atoms with E-state index in [0.717, 1.165) is 19.4 Å². The Balaban J connectivity index is 1.68. The molecule has 2 aromatic rings. The number of anilines is 1. The lowest BCUT2D eigenvalue weighted by molar-refractivity contribution is -0.134. The summed E-state index contributed by atoms with van der Waals surface area (Å²) in [5.74, 6) is -0.760. The van der Waals surface area contributed by atoms with E-state index >= 15 is 0 Å². The number of benzene rings is 2. The molecule has 0 bridgehead atoms. The van der Waals surface area contributed by atoms with Crippen molar-refractivity contribution in [3.05, 3.63) is 59.7 Å². The van der Waals surface area contributed by atoms with E-state index in [1.807, 2.05) is 0 Å². The number of ether oxygens (including phenoxy) is 2. The summed E-state index contributed by atoms with van der Waals surface area (Å²) in [6.45, 7) is 2.85. The molecule has 2 N–H and O–H groups in total. The number of carbonyl (C=O) groups is 3. The van der Waals surface area contributed by atoms with E-state index in [0.29, 0.717) is 29.1 Å². The second-order valence-electron chi connectivity index (χ2n) is 6.70. The largest absolute Gasteiger partial charge is 0.427 e. The number of amides is 2. The lowest BCUT2D eigenvalue weighted by atomic mass is 10.1. The van der Waals surface area contributed by atoms with Crippen LogP contribution in [0, 0.1) is 0 Å². The molecule has 7 heteroatoms. The first kappa shape index (κ1) is 20.5. The molecule has 0 aliphatic carbocycles. The highest BCUT2D eigenvalue weighted by molar-refractivity contribution is 6.09. The first-order valence-corrected chi connectivity index (χ1v) is 9.67. The van der Waals surface area contributed by atoms with E-state index in [1.54, 1.807) is 49.4 Å². The normalized spacial score (nSPS) is 15.6. The highest BCUT2D eigenvalue weighted by Gasteiger charge is 2.19.